The molecule has 1 aromatic carbocycles. The zero-order valence-electron chi connectivity index (χ0n) is 12.8. The minimum atomic E-state index is -2.85. The van der Waals surface area contributed by atoms with Gasteiger partial charge in [-0.05, 0) is 31.0 Å². The molecule has 0 bridgehead atoms. The Morgan fingerprint density at radius 2 is 2.17 bits per heavy atom. The van der Waals surface area contributed by atoms with Gasteiger partial charge in [-0.2, -0.15) is 13.8 Å². The van der Waals surface area contributed by atoms with Crippen molar-refractivity contribution >= 4 is 0 Å². The van der Waals surface area contributed by atoms with Crippen LogP contribution in [0.25, 0.3) is 0 Å². The van der Waals surface area contributed by atoms with Crippen LogP contribution in [0.1, 0.15) is 24.2 Å². The molecule has 23 heavy (non-hydrogen) atoms. The van der Waals surface area contributed by atoms with Gasteiger partial charge in [0.2, 0.25) is 5.89 Å². The number of ether oxygens (including phenoxy) is 1. The third-order valence-electron chi connectivity index (χ3n) is 4.16. The smallest absolute Gasteiger partial charge is 0.387 e. The van der Waals surface area contributed by atoms with Crippen LogP contribution < -0.4 is 10.1 Å². The number of nitrogens with zero attached hydrogens (tertiary/aromatic N) is 2. The summed E-state index contributed by atoms with van der Waals surface area (Å²) in [7, 11) is 0. The summed E-state index contributed by atoms with van der Waals surface area (Å²) in [5.41, 5.74) is 0.607. The second-order valence-corrected chi connectivity index (χ2v) is 5.87. The number of alkyl halides is 2. The van der Waals surface area contributed by atoms with Crippen LogP contribution in [-0.2, 0) is 12.8 Å². The number of hydrogen-bond donors (Lipinski definition) is 1. The van der Waals surface area contributed by atoms with Gasteiger partial charge >= 0.3 is 6.61 Å². The first kappa shape index (κ1) is 15.9. The number of para-hydroxylation sites is 1. The molecule has 1 N–H and O–H groups in total. The molecule has 1 saturated heterocycles. The maximum atomic E-state index is 12.4. The van der Waals surface area contributed by atoms with Crippen molar-refractivity contribution in [1.29, 1.82) is 0 Å². The summed E-state index contributed by atoms with van der Waals surface area (Å²) in [4.78, 5) is 4.38. The van der Waals surface area contributed by atoms with Gasteiger partial charge in [-0.1, -0.05) is 30.3 Å². The van der Waals surface area contributed by atoms with E-state index < -0.39 is 6.61 Å². The van der Waals surface area contributed by atoms with Gasteiger partial charge in [0.15, 0.2) is 5.82 Å². The average Bonchev–Trinajstić information content (AvgIpc) is 3.11. The Kier molecular flexibility index (Phi) is 4.85. The van der Waals surface area contributed by atoms with Crippen LogP contribution in [0, 0.1) is 11.8 Å². The summed E-state index contributed by atoms with van der Waals surface area (Å²) in [6.07, 6.45) is 1.03. The topological polar surface area (TPSA) is 60.2 Å². The SMILES string of the molecule is C[C@@H]1CNC[C@H]1Cc1nc(Cc2ccccc2OC(F)F)no1. The standard InChI is InChI=1S/C16H19F2N3O2/c1-10-8-19-9-12(10)7-15-20-14(21-23-15)6-11-4-2-3-5-13(11)22-16(17)18/h2-5,10,12,16,19H,6-9H2,1H3/t10-,12-/m1/s1. The fraction of sp³-hybridized carbons (Fsp3) is 0.500. The van der Waals surface area contributed by atoms with E-state index in [1.807, 2.05) is 0 Å². The molecule has 5 nitrogen and oxygen atoms in total. The summed E-state index contributed by atoms with van der Waals surface area (Å²) in [6.45, 7) is 1.29. The van der Waals surface area contributed by atoms with Gasteiger partial charge in [0.05, 0.1) is 0 Å². The van der Waals surface area contributed by atoms with Crippen molar-refractivity contribution in [3.8, 4) is 5.75 Å². The zero-order chi connectivity index (χ0) is 16.2. The highest BCUT2D eigenvalue weighted by atomic mass is 19.3. The van der Waals surface area contributed by atoms with Crippen LogP contribution in [0.2, 0.25) is 0 Å². The summed E-state index contributed by atoms with van der Waals surface area (Å²) in [5.74, 6) is 2.27. The Balaban J connectivity index is 1.67. The van der Waals surface area contributed by atoms with Gasteiger partial charge in [-0.3, -0.25) is 0 Å². The van der Waals surface area contributed by atoms with E-state index in [0.717, 1.165) is 19.5 Å². The normalized spacial score (nSPS) is 21.0. The fourth-order valence-corrected chi connectivity index (χ4v) is 2.84. The molecule has 124 valence electrons. The number of rotatable bonds is 6. The summed E-state index contributed by atoms with van der Waals surface area (Å²) in [5, 5.41) is 7.29. The molecule has 1 aliphatic rings. The van der Waals surface area contributed by atoms with E-state index in [-0.39, 0.29) is 5.75 Å². The highest BCUT2D eigenvalue weighted by Gasteiger charge is 2.25. The summed E-state index contributed by atoms with van der Waals surface area (Å²) in [6, 6.07) is 6.64. The molecule has 1 aromatic heterocycles. The maximum Gasteiger partial charge on any atom is 0.387 e. The molecule has 1 aliphatic heterocycles. The van der Waals surface area contributed by atoms with E-state index in [1.54, 1.807) is 18.2 Å². The molecule has 2 aromatic rings. The Labute approximate surface area is 133 Å². The Morgan fingerprint density at radius 1 is 1.35 bits per heavy atom. The Morgan fingerprint density at radius 3 is 2.91 bits per heavy atom. The highest BCUT2D eigenvalue weighted by Crippen LogP contribution is 2.23. The number of aromatic nitrogens is 2. The first-order valence-corrected chi connectivity index (χ1v) is 7.66. The van der Waals surface area contributed by atoms with Crippen molar-refractivity contribution in [1.82, 2.24) is 15.5 Å². The van der Waals surface area contributed by atoms with Crippen LogP contribution >= 0.6 is 0 Å². The molecule has 0 radical (unpaired) electrons. The van der Waals surface area contributed by atoms with Crippen LogP contribution in [0.15, 0.2) is 28.8 Å². The molecular weight excluding hydrogens is 304 g/mol. The third-order valence-corrected chi connectivity index (χ3v) is 4.16. The zero-order valence-corrected chi connectivity index (χ0v) is 12.8. The van der Waals surface area contributed by atoms with Gasteiger partial charge in [0.1, 0.15) is 5.75 Å². The van der Waals surface area contributed by atoms with Crippen molar-refractivity contribution in [2.45, 2.75) is 26.4 Å². The van der Waals surface area contributed by atoms with Crippen LogP contribution in [0.3, 0.4) is 0 Å². The van der Waals surface area contributed by atoms with Gasteiger partial charge in [-0.15, -0.1) is 0 Å². The van der Waals surface area contributed by atoms with E-state index in [1.165, 1.54) is 6.07 Å². The molecule has 0 saturated carbocycles. The van der Waals surface area contributed by atoms with Gasteiger partial charge in [0, 0.05) is 18.4 Å². The second kappa shape index (κ2) is 7.04. The first-order valence-electron chi connectivity index (χ1n) is 7.66. The van der Waals surface area contributed by atoms with Crippen LogP contribution in [0.5, 0.6) is 5.75 Å². The molecule has 0 spiro atoms. The van der Waals surface area contributed by atoms with Crippen molar-refractivity contribution < 1.29 is 18.0 Å². The molecule has 1 fully saturated rings. The Bertz CT molecular complexity index is 648. The highest BCUT2D eigenvalue weighted by molar-refractivity contribution is 5.35. The van der Waals surface area contributed by atoms with E-state index in [0.29, 0.717) is 35.5 Å². The van der Waals surface area contributed by atoms with Crippen LogP contribution in [-0.4, -0.2) is 29.8 Å². The molecule has 0 amide bonds. The summed E-state index contributed by atoms with van der Waals surface area (Å²) >= 11 is 0. The lowest BCUT2D eigenvalue weighted by molar-refractivity contribution is -0.0504. The largest absolute Gasteiger partial charge is 0.435 e. The average molecular weight is 323 g/mol. The third kappa shape index (κ3) is 4.04. The van der Waals surface area contributed by atoms with E-state index >= 15 is 0 Å². The number of nitrogens with one attached hydrogen (secondary N) is 1. The fourth-order valence-electron chi connectivity index (χ4n) is 2.84. The monoisotopic (exact) mass is 323 g/mol. The molecule has 0 unspecified atom stereocenters. The number of benzene rings is 1. The predicted octanol–water partition coefficient (Wildman–Crippen LogP) is 2.66. The predicted molar refractivity (Wildman–Crippen MR) is 79.4 cm³/mol. The molecule has 2 atom stereocenters. The van der Waals surface area contributed by atoms with Crippen LogP contribution in [0.4, 0.5) is 8.78 Å². The molecular formula is C16H19F2N3O2. The lowest BCUT2D eigenvalue weighted by Crippen LogP contribution is -2.13. The van der Waals surface area contributed by atoms with Gasteiger partial charge in [0.25, 0.3) is 0 Å². The molecule has 7 heteroatoms. The molecule has 3 rings (SSSR count). The summed E-state index contributed by atoms with van der Waals surface area (Å²) < 4.78 is 34.7. The van der Waals surface area contributed by atoms with Crippen molar-refractivity contribution in [3.63, 3.8) is 0 Å². The van der Waals surface area contributed by atoms with Gasteiger partial charge < -0.3 is 14.6 Å². The molecule has 2 heterocycles. The lowest BCUT2D eigenvalue weighted by Gasteiger charge is -2.10. The van der Waals surface area contributed by atoms with Crippen molar-refractivity contribution in [2.24, 2.45) is 11.8 Å². The van der Waals surface area contributed by atoms with E-state index in [2.05, 4.69) is 27.1 Å². The number of halogens is 2. The van der Waals surface area contributed by atoms with E-state index in [4.69, 9.17) is 4.52 Å². The van der Waals surface area contributed by atoms with Crippen molar-refractivity contribution in [2.75, 3.05) is 13.1 Å². The van der Waals surface area contributed by atoms with E-state index in [9.17, 15) is 8.78 Å². The van der Waals surface area contributed by atoms with Gasteiger partial charge in [-0.25, -0.2) is 0 Å². The maximum absolute atomic E-state index is 12.4. The first-order chi connectivity index (χ1) is 11.1. The number of hydrogen-bond acceptors (Lipinski definition) is 5. The minimum Gasteiger partial charge on any atom is -0.435 e. The second-order valence-electron chi connectivity index (χ2n) is 5.87. The quantitative estimate of drug-likeness (QED) is 0.885. The minimum absolute atomic E-state index is 0.141. The van der Waals surface area contributed by atoms with Crippen molar-refractivity contribution in [3.05, 3.63) is 41.5 Å². The lowest BCUT2D eigenvalue weighted by atomic mass is 9.95. The molecule has 0 aliphatic carbocycles. The Hall–Kier alpha value is -2.02.